The summed E-state index contributed by atoms with van der Waals surface area (Å²) in [6.45, 7) is 4.94. The quantitative estimate of drug-likeness (QED) is 0.0847. The number of nitroso groups, excluding NO2 is 1. The normalized spacial score (nSPS) is 16.0. The lowest BCUT2D eigenvalue weighted by atomic mass is 9.91. The first-order valence-electron chi connectivity index (χ1n) is 17.4. The predicted octanol–water partition coefficient (Wildman–Crippen LogP) is 5.64. The zero-order chi connectivity index (χ0) is 37.2. The molecule has 3 aromatic carbocycles. The molecule has 4 aromatic rings. The molecular weight excluding hydrogens is 660 g/mol. The number of nitrogens with one attached hydrogen (secondary N) is 1. The molecule has 0 radical (unpaired) electrons. The molecule has 0 aliphatic carbocycles. The van der Waals surface area contributed by atoms with E-state index in [1.807, 2.05) is 91.0 Å². The maximum absolute atomic E-state index is 14.7. The van der Waals surface area contributed by atoms with Crippen LogP contribution in [0.5, 0.6) is 0 Å². The molecule has 270 valence electrons. The van der Waals surface area contributed by atoms with Crippen molar-refractivity contribution in [1.82, 2.24) is 15.4 Å². The summed E-state index contributed by atoms with van der Waals surface area (Å²) in [6, 6.07) is 24.8. The summed E-state index contributed by atoms with van der Waals surface area (Å²) in [4.78, 5) is 74.1. The van der Waals surface area contributed by atoms with Crippen molar-refractivity contribution in [2.24, 2.45) is 10.9 Å². The van der Waals surface area contributed by atoms with Crippen LogP contribution in [0, 0.1) is 4.91 Å². The SMILES string of the molecule is CC(=O)c1c(-c2ccccc2)cnc(C(=O)C2CCCN2NC(C)N=O)c1N(C(=O)[C@H](C)N)C(CC(=O)OCc1ccccc1)Cc1ccccc1. The molecule has 1 aromatic heterocycles. The van der Waals surface area contributed by atoms with Gasteiger partial charge < -0.3 is 15.4 Å². The molecule has 1 aliphatic heterocycles. The van der Waals surface area contributed by atoms with Gasteiger partial charge in [-0.25, -0.2) is 10.4 Å². The summed E-state index contributed by atoms with van der Waals surface area (Å²) in [5.74, 6) is -2.08. The van der Waals surface area contributed by atoms with E-state index in [2.05, 4.69) is 10.6 Å². The Morgan fingerprint density at radius 3 is 2.17 bits per heavy atom. The first kappa shape index (κ1) is 37.8. The number of anilines is 1. The van der Waals surface area contributed by atoms with Gasteiger partial charge in [-0.2, -0.15) is 0 Å². The summed E-state index contributed by atoms with van der Waals surface area (Å²) in [5, 5.41) is 4.68. The maximum Gasteiger partial charge on any atom is 0.308 e. The number of ether oxygens (including phenoxy) is 1. The number of hydrogen-bond donors (Lipinski definition) is 2. The molecule has 4 atom stereocenters. The molecule has 1 amide bonds. The molecule has 0 spiro atoms. The van der Waals surface area contributed by atoms with Gasteiger partial charge >= 0.3 is 5.97 Å². The van der Waals surface area contributed by atoms with E-state index in [-0.39, 0.29) is 36.4 Å². The molecule has 0 bridgehead atoms. The Bertz CT molecular complexity index is 1870. The van der Waals surface area contributed by atoms with Gasteiger partial charge in [0.05, 0.1) is 35.8 Å². The minimum atomic E-state index is -1.09. The summed E-state index contributed by atoms with van der Waals surface area (Å²) < 4.78 is 5.71. The number of esters is 1. The second-order valence-electron chi connectivity index (χ2n) is 13.0. The Morgan fingerprint density at radius 1 is 0.962 bits per heavy atom. The van der Waals surface area contributed by atoms with Crippen molar-refractivity contribution >= 4 is 29.1 Å². The van der Waals surface area contributed by atoms with Gasteiger partial charge in [0, 0.05) is 18.3 Å². The topological polar surface area (TPSA) is 164 Å². The molecule has 2 heterocycles. The fraction of sp³-hybridized carbons (Fsp3) is 0.325. The molecule has 3 unspecified atom stereocenters. The number of pyridine rings is 1. The molecule has 12 nitrogen and oxygen atoms in total. The van der Waals surface area contributed by atoms with Gasteiger partial charge in [0.15, 0.2) is 11.9 Å². The summed E-state index contributed by atoms with van der Waals surface area (Å²) >= 11 is 0. The van der Waals surface area contributed by atoms with Gasteiger partial charge in [0.25, 0.3) is 0 Å². The molecular formula is C40H44N6O6. The number of carbonyl (C=O) groups excluding carboxylic acids is 4. The fourth-order valence-corrected chi connectivity index (χ4v) is 6.55. The maximum atomic E-state index is 14.7. The minimum Gasteiger partial charge on any atom is -0.461 e. The van der Waals surface area contributed by atoms with Crippen molar-refractivity contribution in [2.75, 3.05) is 11.4 Å². The number of amides is 1. The van der Waals surface area contributed by atoms with Crippen LogP contribution in [0.2, 0.25) is 0 Å². The minimum absolute atomic E-state index is 0.0189. The number of Topliss-reactive ketones (excluding diaryl/α,β-unsaturated/α-hetero) is 2. The Morgan fingerprint density at radius 2 is 1.58 bits per heavy atom. The van der Waals surface area contributed by atoms with E-state index in [1.54, 1.807) is 11.9 Å². The zero-order valence-electron chi connectivity index (χ0n) is 29.6. The van der Waals surface area contributed by atoms with Gasteiger partial charge in [-0.05, 0) is 61.9 Å². The van der Waals surface area contributed by atoms with Crippen molar-refractivity contribution < 1.29 is 23.9 Å². The van der Waals surface area contributed by atoms with Crippen LogP contribution in [0.3, 0.4) is 0 Å². The molecule has 1 fully saturated rings. The first-order chi connectivity index (χ1) is 25.1. The lowest BCUT2D eigenvalue weighted by Crippen LogP contribution is -2.52. The van der Waals surface area contributed by atoms with E-state index in [0.29, 0.717) is 30.5 Å². The second-order valence-corrected chi connectivity index (χ2v) is 13.0. The van der Waals surface area contributed by atoms with E-state index in [1.165, 1.54) is 24.9 Å². The number of hydrogen-bond acceptors (Lipinski definition) is 11. The molecule has 12 heteroatoms. The number of aromatic nitrogens is 1. The monoisotopic (exact) mass is 704 g/mol. The van der Waals surface area contributed by atoms with Gasteiger partial charge in [-0.3, -0.25) is 24.2 Å². The highest BCUT2D eigenvalue weighted by Gasteiger charge is 2.40. The lowest BCUT2D eigenvalue weighted by molar-refractivity contribution is -0.145. The second kappa shape index (κ2) is 17.7. The van der Waals surface area contributed by atoms with Crippen LogP contribution in [0.1, 0.15) is 72.0 Å². The number of nitrogens with two attached hydrogens (primary N) is 1. The van der Waals surface area contributed by atoms with Crippen molar-refractivity contribution in [3.05, 3.63) is 124 Å². The van der Waals surface area contributed by atoms with Crippen LogP contribution >= 0.6 is 0 Å². The fourth-order valence-electron chi connectivity index (χ4n) is 6.55. The zero-order valence-corrected chi connectivity index (χ0v) is 29.6. The van der Waals surface area contributed by atoms with E-state index in [9.17, 15) is 24.1 Å². The number of benzene rings is 3. The van der Waals surface area contributed by atoms with Crippen molar-refractivity contribution in [1.29, 1.82) is 0 Å². The highest BCUT2D eigenvalue weighted by molar-refractivity contribution is 6.16. The number of hydrazine groups is 1. The van der Waals surface area contributed by atoms with Crippen LogP contribution in [0.15, 0.2) is 102 Å². The highest BCUT2D eigenvalue weighted by Crippen LogP contribution is 2.38. The van der Waals surface area contributed by atoms with Gasteiger partial charge in [-0.15, -0.1) is 4.91 Å². The third-order valence-electron chi connectivity index (χ3n) is 8.98. The van der Waals surface area contributed by atoms with Gasteiger partial charge in [-0.1, -0.05) is 91.0 Å². The molecule has 0 saturated carbocycles. The number of rotatable bonds is 16. The smallest absolute Gasteiger partial charge is 0.308 e. The summed E-state index contributed by atoms with van der Waals surface area (Å²) in [6.07, 6.45) is 1.62. The van der Waals surface area contributed by atoms with Crippen LogP contribution in [0.25, 0.3) is 11.1 Å². The Kier molecular flexibility index (Phi) is 12.9. The molecule has 1 saturated heterocycles. The summed E-state index contributed by atoms with van der Waals surface area (Å²) in [5.41, 5.74) is 11.9. The van der Waals surface area contributed by atoms with E-state index in [4.69, 9.17) is 15.5 Å². The molecule has 3 N–H and O–H groups in total. The standard InChI is InChI=1S/C40H44N6O6/c1-26(41)40(50)46(32(22-29-14-7-4-8-15-29)23-35(48)52-25-30-16-9-5-10-17-30)38-36(27(2)47)33(31-18-11-6-12-19-31)24-42-37(38)39(49)34-20-13-21-45(34)43-28(3)44-51/h4-12,14-19,24,26,28,32,34,43H,13,20-23,25,41H2,1-3H3/t26-,28?,32?,34?/m0/s1. The Balaban J connectivity index is 1.71. The van der Waals surface area contributed by atoms with E-state index >= 15 is 0 Å². The third kappa shape index (κ3) is 9.07. The van der Waals surface area contributed by atoms with Crippen LogP contribution in [-0.4, -0.2) is 64.3 Å². The van der Waals surface area contributed by atoms with Crippen LogP contribution in [-0.2, 0) is 27.4 Å². The van der Waals surface area contributed by atoms with Gasteiger partial charge in [0.2, 0.25) is 11.7 Å². The summed E-state index contributed by atoms with van der Waals surface area (Å²) in [7, 11) is 0. The molecule has 52 heavy (non-hydrogen) atoms. The number of nitrogens with zero attached hydrogens (tertiary/aromatic N) is 4. The van der Waals surface area contributed by atoms with Crippen LogP contribution in [0.4, 0.5) is 5.69 Å². The molecule has 1 aliphatic rings. The average molecular weight is 705 g/mol. The predicted molar refractivity (Wildman–Crippen MR) is 198 cm³/mol. The Labute approximate surface area is 303 Å². The third-order valence-corrected chi connectivity index (χ3v) is 8.98. The average Bonchev–Trinajstić information content (AvgIpc) is 3.62. The van der Waals surface area contributed by atoms with E-state index < -0.39 is 47.7 Å². The largest absolute Gasteiger partial charge is 0.461 e. The van der Waals surface area contributed by atoms with Gasteiger partial charge in [0.1, 0.15) is 12.3 Å². The first-order valence-corrected chi connectivity index (χ1v) is 17.4. The van der Waals surface area contributed by atoms with Crippen molar-refractivity contribution in [3.63, 3.8) is 0 Å². The highest BCUT2D eigenvalue weighted by atomic mass is 16.5. The Hall–Kier alpha value is -5.43. The number of carbonyl (C=O) groups is 4. The van der Waals surface area contributed by atoms with E-state index in [0.717, 1.165) is 11.1 Å². The number of ketones is 2. The lowest BCUT2D eigenvalue weighted by Gasteiger charge is -2.36. The van der Waals surface area contributed by atoms with Crippen molar-refractivity contribution in [3.8, 4) is 11.1 Å². The molecule has 5 rings (SSSR count). The van der Waals surface area contributed by atoms with Crippen LogP contribution < -0.4 is 16.1 Å². The van der Waals surface area contributed by atoms with Crippen molar-refractivity contribution in [2.45, 2.75) is 77.4 Å².